The number of amides is 3. The molecule has 0 aromatic heterocycles. The van der Waals surface area contributed by atoms with Crippen LogP contribution < -0.4 is 20.3 Å². The number of hydrogen-bond acceptors (Lipinski definition) is 4. The maximum atomic E-state index is 12.7. The second kappa shape index (κ2) is 11.9. The fourth-order valence-corrected chi connectivity index (χ4v) is 4.22. The summed E-state index contributed by atoms with van der Waals surface area (Å²) in [6.45, 7) is 2.73. The Morgan fingerprint density at radius 1 is 0.972 bits per heavy atom. The van der Waals surface area contributed by atoms with E-state index in [-0.39, 0.29) is 30.7 Å². The van der Waals surface area contributed by atoms with Gasteiger partial charge in [0.2, 0.25) is 11.8 Å². The maximum absolute atomic E-state index is 12.7. The second-order valence-electron chi connectivity index (χ2n) is 8.63. The van der Waals surface area contributed by atoms with Crippen molar-refractivity contribution < 1.29 is 19.1 Å². The predicted molar refractivity (Wildman–Crippen MR) is 143 cm³/mol. The summed E-state index contributed by atoms with van der Waals surface area (Å²) in [5, 5.41) is 5.72. The molecule has 1 heterocycles. The van der Waals surface area contributed by atoms with Crippen molar-refractivity contribution in [3.05, 3.63) is 88.4 Å². The molecular formula is C28H28BrN3O4. The van der Waals surface area contributed by atoms with Crippen molar-refractivity contribution in [1.29, 1.82) is 0 Å². The van der Waals surface area contributed by atoms with Gasteiger partial charge in [0.15, 0.2) is 6.61 Å². The largest absolute Gasteiger partial charge is 0.484 e. The fraction of sp³-hybridized carbons (Fsp3) is 0.250. The Morgan fingerprint density at radius 3 is 2.31 bits per heavy atom. The average molecular weight is 550 g/mol. The van der Waals surface area contributed by atoms with Gasteiger partial charge < -0.3 is 20.3 Å². The van der Waals surface area contributed by atoms with Gasteiger partial charge in [-0.3, -0.25) is 14.4 Å². The molecule has 1 aliphatic heterocycles. The number of anilines is 2. The van der Waals surface area contributed by atoms with Crippen LogP contribution in [0.15, 0.2) is 77.3 Å². The van der Waals surface area contributed by atoms with Crippen LogP contribution in [0.2, 0.25) is 0 Å². The van der Waals surface area contributed by atoms with Crippen molar-refractivity contribution in [3.8, 4) is 5.75 Å². The van der Waals surface area contributed by atoms with Gasteiger partial charge in [-0.05, 0) is 66.1 Å². The standard InChI is InChI=1S/C28H28BrN3O4/c1-2-19-3-5-20(6-4-19)16-30-28(35)21-15-27(34)32(17-21)24-11-13-25(14-12-24)36-18-26(33)31-23-9-7-22(29)8-10-23/h3-14,21H,2,15-18H2,1H3,(H,30,35)(H,31,33)/t21-/m0/s1. The van der Waals surface area contributed by atoms with Crippen LogP contribution in [0.25, 0.3) is 0 Å². The van der Waals surface area contributed by atoms with Gasteiger partial charge in [0, 0.05) is 35.4 Å². The highest BCUT2D eigenvalue weighted by Gasteiger charge is 2.35. The van der Waals surface area contributed by atoms with Crippen molar-refractivity contribution >= 4 is 45.0 Å². The van der Waals surface area contributed by atoms with E-state index in [4.69, 9.17) is 4.74 Å². The zero-order valence-electron chi connectivity index (χ0n) is 20.0. The summed E-state index contributed by atoms with van der Waals surface area (Å²) in [4.78, 5) is 39.0. The van der Waals surface area contributed by atoms with Crippen LogP contribution in [-0.2, 0) is 27.3 Å². The Bertz CT molecular complexity index is 1210. The smallest absolute Gasteiger partial charge is 0.262 e. The lowest BCUT2D eigenvalue weighted by molar-refractivity contribution is -0.126. The Balaban J connectivity index is 1.25. The van der Waals surface area contributed by atoms with Crippen LogP contribution >= 0.6 is 15.9 Å². The first-order chi connectivity index (χ1) is 17.4. The number of carbonyl (C=O) groups excluding carboxylic acids is 3. The van der Waals surface area contributed by atoms with Crippen molar-refractivity contribution in [2.24, 2.45) is 5.92 Å². The summed E-state index contributed by atoms with van der Waals surface area (Å²) in [6, 6.07) is 22.4. The SMILES string of the molecule is CCc1ccc(CNC(=O)[C@H]2CC(=O)N(c3ccc(OCC(=O)Nc4ccc(Br)cc4)cc3)C2)cc1. The third-order valence-electron chi connectivity index (χ3n) is 6.04. The van der Waals surface area contributed by atoms with Gasteiger partial charge in [-0.2, -0.15) is 0 Å². The molecule has 0 aliphatic carbocycles. The van der Waals surface area contributed by atoms with Gasteiger partial charge in [-0.25, -0.2) is 0 Å². The molecule has 0 saturated carbocycles. The molecule has 1 saturated heterocycles. The van der Waals surface area contributed by atoms with Crippen LogP contribution in [0.3, 0.4) is 0 Å². The number of hydrogen-bond donors (Lipinski definition) is 2. The van der Waals surface area contributed by atoms with E-state index in [1.807, 2.05) is 24.3 Å². The molecule has 186 valence electrons. The van der Waals surface area contributed by atoms with E-state index in [1.54, 1.807) is 41.3 Å². The first-order valence-corrected chi connectivity index (χ1v) is 12.6. The topological polar surface area (TPSA) is 87.7 Å². The minimum absolute atomic E-state index is 0.0926. The molecule has 0 unspecified atom stereocenters. The highest BCUT2D eigenvalue weighted by atomic mass is 79.9. The third kappa shape index (κ3) is 6.73. The summed E-state index contributed by atoms with van der Waals surface area (Å²) in [5.74, 6) is -0.371. The Hall–Kier alpha value is -3.65. The summed E-state index contributed by atoms with van der Waals surface area (Å²) in [7, 11) is 0. The van der Waals surface area contributed by atoms with Gasteiger partial charge in [-0.1, -0.05) is 47.1 Å². The molecular weight excluding hydrogens is 522 g/mol. The zero-order valence-corrected chi connectivity index (χ0v) is 21.6. The molecule has 1 atom stereocenters. The number of nitrogens with one attached hydrogen (secondary N) is 2. The maximum Gasteiger partial charge on any atom is 0.262 e. The van der Waals surface area contributed by atoms with Crippen molar-refractivity contribution in [2.75, 3.05) is 23.4 Å². The van der Waals surface area contributed by atoms with Gasteiger partial charge in [0.05, 0.1) is 5.92 Å². The van der Waals surface area contributed by atoms with Crippen LogP contribution in [0.5, 0.6) is 5.75 Å². The quantitative estimate of drug-likeness (QED) is 0.405. The molecule has 0 bridgehead atoms. The molecule has 3 amide bonds. The number of halogens is 1. The number of rotatable bonds is 9. The minimum atomic E-state index is -0.398. The van der Waals surface area contributed by atoms with E-state index in [0.717, 1.165) is 16.5 Å². The molecule has 36 heavy (non-hydrogen) atoms. The van der Waals surface area contributed by atoms with Crippen LogP contribution in [0, 0.1) is 5.92 Å². The summed E-state index contributed by atoms with van der Waals surface area (Å²) in [5.41, 5.74) is 3.66. The molecule has 7 nitrogen and oxygen atoms in total. The van der Waals surface area contributed by atoms with E-state index < -0.39 is 5.92 Å². The molecule has 8 heteroatoms. The monoisotopic (exact) mass is 549 g/mol. The van der Waals surface area contributed by atoms with Crippen molar-refractivity contribution in [2.45, 2.75) is 26.3 Å². The average Bonchev–Trinajstić information content (AvgIpc) is 3.29. The van der Waals surface area contributed by atoms with Gasteiger partial charge in [-0.15, -0.1) is 0 Å². The molecule has 3 aromatic rings. The molecule has 0 radical (unpaired) electrons. The predicted octanol–water partition coefficient (Wildman–Crippen LogP) is 4.70. The summed E-state index contributed by atoms with van der Waals surface area (Å²) >= 11 is 3.36. The lowest BCUT2D eigenvalue weighted by atomic mass is 10.1. The van der Waals surface area contributed by atoms with Gasteiger partial charge in [0.25, 0.3) is 5.91 Å². The van der Waals surface area contributed by atoms with Crippen LogP contribution in [0.4, 0.5) is 11.4 Å². The molecule has 2 N–H and O–H groups in total. The second-order valence-corrected chi connectivity index (χ2v) is 9.55. The minimum Gasteiger partial charge on any atom is -0.484 e. The van der Waals surface area contributed by atoms with Gasteiger partial charge in [0.1, 0.15) is 5.75 Å². The van der Waals surface area contributed by atoms with E-state index in [1.165, 1.54) is 5.56 Å². The van der Waals surface area contributed by atoms with Crippen LogP contribution in [0.1, 0.15) is 24.5 Å². The Kier molecular flexibility index (Phi) is 8.38. The number of aryl methyl sites for hydroxylation is 1. The number of benzene rings is 3. The fourth-order valence-electron chi connectivity index (χ4n) is 3.96. The molecule has 3 aromatic carbocycles. The molecule has 1 aliphatic rings. The summed E-state index contributed by atoms with van der Waals surface area (Å²) in [6.07, 6.45) is 1.15. The number of nitrogens with zero attached hydrogens (tertiary/aromatic N) is 1. The van der Waals surface area contributed by atoms with E-state index in [2.05, 4.69) is 45.6 Å². The highest BCUT2D eigenvalue weighted by Crippen LogP contribution is 2.27. The Labute approximate surface area is 219 Å². The third-order valence-corrected chi connectivity index (χ3v) is 6.57. The van der Waals surface area contributed by atoms with Gasteiger partial charge >= 0.3 is 0 Å². The van der Waals surface area contributed by atoms with Crippen molar-refractivity contribution in [3.63, 3.8) is 0 Å². The van der Waals surface area contributed by atoms with E-state index in [0.29, 0.717) is 30.2 Å². The Morgan fingerprint density at radius 2 is 1.64 bits per heavy atom. The molecule has 0 spiro atoms. The first-order valence-electron chi connectivity index (χ1n) is 11.9. The summed E-state index contributed by atoms with van der Waals surface area (Å²) < 4.78 is 6.50. The molecule has 1 fully saturated rings. The first kappa shape index (κ1) is 25.4. The molecule has 4 rings (SSSR count). The van der Waals surface area contributed by atoms with E-state index in [9.17, 15) is 14.4 Å². The number of carbonyl (C=O) groups is 3. The number of ether oxygens (including phenoxy) is 1. The zero-order chi connectivity index (χ0) is 25.5. The normalized spacial score (nSPS) is 15.0. The van der Waals surface area contributed by atoms with Crippen molar-refractivity contribution in [1.82, 2.24) is 5.32 Å². The van der Waals surface area contributed by atoms with E-state index >= 15 is 0 Å². The highest BCUT2D eigenvalue weighted by molar-refractivity contribution is 9.10. The lowest BCUT2D eigenvalue weighted by Gasteiger charge is -2.17. The van der Waals surface area contributed by atoms with Crippen LogP contribution in [-0.4, -0.2) is 30.9 Å². The lowest BCUT2D eigenvalue weighted by Crippen LogP contribution is -2.32.